The molecule has 1 aliphatic heterocycles. The third kappa shape index (κ3) is 4.88. The second-order valence-electron chi connectivity index (χ2n) is 8.25. The Balaban J connectivity index is 1.55. The highest BCUT2D eigenvalue weighted by Crippen LogP contribution is 2.29. The van der Waals surface area contributed by atoms with Crippen LogP contribution in [0.5, 0.6) is 5.75 Å². The number of anilines is 1. The first kappa shape index (κ1) is 22.9. The predicted molar refractivity (Wildman–Crippen MR) is 129 cm³/mol. The van der Waals surface area contributed by atoms with Gasteiger partial charge in [-0.05, 0) is 85.8 Å². The molecular weight excluding hydrogens is 436 g/mol. The largest absolute Gasteiger partial charge is 0.493 e. The van der Waals surface area contributed by atoms with Crippen molar-refractivity contribution in [3.63, 3.8) is 0 Å². The molecule has 0 atom stereocenters. The number of carbonyl (C=O) groups excluding carboxylic acids is 1. The first-order valence-electron chi connectivity index (χ1n) is 11.0. The molecule has 0 spiro atoms. The Kier molecular flexibility index (Phi) is 6.42. The Hall–Kier alpha value is -3.32. The van der Waals surface area contributed by atoms with Gasteiger partial charge in [-0.15, -0.1) is 0 Å². The SMILES string of the molecule is CCOc1c(C)cc(S(=O)(=O)Nc2ccc3c(c2)CN(C(=O)c2ccccc2)CC3)cc1C. The van der Waals surface area contributed by atoms with E-state index in [1.165, 1.54) is 0 Å². The van der Waals surface area contributed by atoms with Crippen molar-refractivity contribution in [2.24, 2.45) is 0 Å². The number of benzene rings is 3. The molecule has 3 aromatic rings. The molecule has 172 valence electrons. The lowest BCUT2D eigenvalue weighted by Gasteiger charge is -2.29. The number of nitrogens with one attached hydrogen (secondary N) is 1. The molecule has 0 fully saturated rings. The quantitative estimate of drug-likeness (QED) is 0.574. The minimum absolute atomic E-state index is 0.0208. The highest BCUT2D eigenvalue weighted by Gasteiger charge is 2.23. The van der Waals surface area contributed by atoms with Crippen molar-refractivity contribution >= 4 is 21.6 Å². The van der Waals surface area contributed by atoms with E-state index in [1.54, 1.807) is 23.1 Å². The van der Waals surface area contributed by atoms with Crippen LogP contribution in [0, 0.1) is 13.8 Å². The van der Waals surface area contributed by atoms with E-state index in [0.29, 0.717) is 36.7 Å². The maximum absolute atomic E-state index is 13.1. The van der Waals surface area contributed by atoms with Gasteiger partial charge in [0.25, 0.3) is 15.9 Å². The molecule has 33 heavy (non-hydrogen) atoms. The molecule has 0 radical (unpaired) electrons. The van der Waals surface area contributed by atoms with Crippen molar-refractivity contribution in [3.8, 4) is 5.75 Å². The number of rotatable bonds is 6. The zero-order valence-electron chi connectivity index (χ0n) is 19.1. The topological polar surface area (TPSA) is 75.7 Å². The third-order valence-electron chi connectivity index (χ3n) is 5.81. The van der Waals surface area contributed by atoms with Gasteiger partial charge >= 0.3 is 0 Å². The molecule has 3 aromatic carbocycles. The third-order valence-corrected chi connectivity index (χ3v) is 7.17. The van der Waals surface area contributed by atoms with Gasteiger partial charge in [0, 0.05) is 24.3 Å². The van der Waals surface area contributed by atoms with E-state index in [-0.39, 0.29) is 10.8 Å². The Morgan fingerprint density at radius 3 is 2.36 bits per heavy atom. The molecule has 1 amide bonds. The van der Waals surface area contributed by atoms with Crippen molar-refractivity contribution in [2.75, 3.05) is 17.9 Å². The van der Waals surface area contributed by atoms with Crippen LogP contribution in [-0.2, 0) is 23.0 Å². The molecule has 0 aromatic heterocycles. The first-order chi connectivity index (χ1) is 15.8. The van der Waals surface area contributed by atoms with Crippen LogP contribution >= 0.6 is 0 Å². The monoisotopic (exact) mass is 464 g/mol. The second kappa shape index (κ2) is 9.27. The van der Waals surface area contributed by atoms with Crippen LogP contribution in [0.2, 0.25) is 0 Å². The average Bonchev–Trinajstić information content (AvgIpc) is 2.80. The lowest BCUT2D eigenvalue weighted by Crippen LogP contribution is -2.36. The minimum atomic E-state index is -3.78. The predicted octanol–water partition coefficient (Wildman–Crippen LogP) is 4.70. The zero-order valence-corrected chi connectivity index (χ0v) is 19.9. The highest BCUT2D eigenvalue weighted by molar-refractivity contribution is 7.92. The smallest absolute Gasteiger partial charge is 0.261 e. The van der Waals surface area contributed by atoms with Crippen molar-refractivity contribution in [1.29, 1.82) is 0 Å². The van der Waals surface area contributed by atoms with Crippen LogP contribution in [0.1, 0.15) is 39.5 Å². The fourth-order valence-electron chi connectivity index (χ4n) is 4.21. The number of carbonyl (C=O) groups is 1. The van der Waals surface area contributed by atoms with Gasteiger partial charge in [-0.2, -0.15) is 0 Å². The fourth-order valence-corrected chi connectivity index (χ4v) is 5.43. The lowest BCUT2D eigenvalue weighted by atomic mass is 9.98. The van der Waals surface area contributed by atoms with Gasteiger partial charge in [-0.25, -0.2) is 8.42 Å². The van der Waals surface area contributed by atoms with Gasteiger partial charge in [-0.1, -0.05) is 24.3 Å². The maximum atomic E-state index is 13.1. The van der Waals surface area contributed by atoms with Crippen molar-refractivity contribution in [2.45, 2.75) is 38.6 Å². The van der Waals surface area contributed by atoms with Crippen LogP contribution in [0.15, 0.2) is 65.6 Å². The normalized spacial score (nSPS) is 13.4. The van der Waals surface area contributed by atoms with Crippen molar-refractivity contribution in [3.05, 3.63) is 88.5 Å². The highest BCUT2D eigenvalue weighted by atomic mass is 32.2. The van der Waals surface area contributed by atoms with E-state index in [9.17, 15) is 13.2 Å². The fraction of sp³-hybridized carbons (Fsp3) is 0.269. The van der Waals surface area contributed by atoms with Crippen LogP contribution in [0.4, 0.5) is 5.69 Å². The molecule has 0 saturated heterocycles. The zero-order chi connectivity index (χ0) is 23.6. The van der Waals surface area contributed by atoms with Gasteiger partial charge in [0.15, 0.2) is 0 Å². The average molecular weight is 465 g/mol. The number of aryl methyl sites for hydroxylation is 2. The van der Waals surface area contributed by atoms with Crippen LogP contribution in [-0.4, -0.2) is 32.4 Å². The molecule has 4 rings (SSSR count). The maximum Gasteiger partial charge on any atom is 0.261 e. The number of hydrogen-bond acceptors (Lipinski definition) is 4. The van der Waals surface area contributed by atoms with E-state index in [2.05, 4.69) is 4.72 Å². The van der Waals surface area contributed by atoms with E-state index < -0.39 is 10.0 Å². The van der Waals surface area contributed by atoms with Gasteiger partial charge in [0.2, 0.25) is 0 Å². The van der Waals surface area contributed by atoms with E-state index in [1.807, 2.05) is 63.2 Å². The Morgan fingerprint density at radius 2 is 1.70 bits per heavy atom. The summed E-state index contributed by atoms with van der Waals surface area (Å²) in [5, 5.41) is 0. The van der Waals surface area contributed by atoms with Gasteiger partial charge in [0.05, 0.1) is 11.5 Å². The molecule has 0 aliphatic carbocycles. The van der Waals surface area contributed by atoms with Gasteiger partial charge in [0.1, 0.15) is 5.75 Å². The number of ether oxygens (including phenoxy) is 1. The van der Waals surface area contributed by atoms with Crippen LogP contribution in [0.3, 0.4) is 0 Å². The minimum Gasteiger partial charge on any atom is -0.493 e. The summed E-state index contributed by atoms with van der Waals surface area (Å²) in [7, 11) is -3.78. The van der Waals surface area contributed by atoms with Crippen LogP contribution in [0.25, 0.3) is 0 Å². The van der Waals surface area contributed by atoms with Crippen molar-refractivity contribution in [1.82, 2.24) is 4.90 Å². The number of sulfonamides is 1. The summed E-state index contributed by atoms with van der Waals surface area (Å²) in [5.74, 6) is 0.695. The second-order valence-corrected chi connectivity index (χ2v) is 9.93. The first-order valence-corrected chi connectivity index (χ1v) is 12.5. The molecule has 0 bridgehead atoms. The molecule has 1 N–H and O–H groups in total. The Morgan fingerprint density at radius 1 is 1.00 bits per heavy atom. The van der Waals surface area contributed by atoms with E-state index >= 15 is 0 Å². The van der Waals surface area contributed by atoms with Crippen molar-refractivity contribution < 1.29 is 17.9 Å². The summed E-state index contributed by atoms with van der Waals surface area (Å²) < 4.78 is 34.5. The number of amides is 1. The Labute approximate surface area is 195 Å². The molecule has 1 heterocycles. The molecule has 0 unspecified atom stereocenters. The number of nitrogens with zero attached hydrogens (tertiary/aromatic N) is 1. The van der Waals surface area contributed by atoms with E-state index in [0.717, 1.165) is 28.7 Å². The van der Waals surface area contributed by atoms with E-state index in [4.69, 9.17) is 4.74 Å². The molecule has 7 heteroatoms. The standard InChI is InChI=1S/C26H28N2O4S/c1-4-32-25-18(2)14-24(15-19(25)3)33(30,31)27-23-11-10-20-12-13-28(17-22(20)16-23)26(29)21-8-6-5-7-9-21/h5-11,14-16,27H,4,12-13,17H2,1-3H3. The molecule has 1 aliphatic rings. The molecule has 0 saturated carbocycles. The van der Waals surface area contributed by atoms with Gasteiger partial charge < -0.3 is 9.64 Å². The summed E-state index contributed by atoms with van der Waals surface area (Å²) in [4.78, 5) is 14.8. The van der Waals surface area contributed by atoms with Crippen LogP contribution < -0.4 is 9.46 Å². The summed E-state index contributed by atoms with van der Waals surface area (Å²) in [6, 6.07) is 18.0. The Bertz CT molecular complexity index is 1260. The lowest BCUT2D eigenvalue weighted by molar-refractivity contribution is 0.0734. The van der Waals surface area contributed by atoms with Gasteiger partial charge in [-0.3, -0.25) is 9.52 Å². The summed E-state index contributed by atoms with van der Waals surface area (Å²) >= 11 is 0. The number of fused-ring (bicyclic) bond motifs is 1. The number of hydrogen-bond donors (Lipinski definition) is 1. The molecule has 6 nitrogen and oxygen atoms in total. The summed E-state index contributed by atoms with van der Waals surface area (Å²) in [6.07, 6.45) is 0.734. The summed E-state index contributed by atoms with van der Waals surface area (Å²) in [6.45, 7) is 7.18. The summed E-state index contributed by atoms with van der Waals surface area (Å²) in [5.41, 5.74) is 4.76. The molecular formula is C26H28N2O4S.